The minimum Gasteiger partial charge on any atom is -0.480 e. The topological polar surface area (TPSA) is 79.3 Å². The Morgan fingerprint density at radius 3 is 2.15 bits per heavy atom. The van der Waals surface area contributed by atoms with E-state index in [1.807, 2.05) is 6.92 Å². The van der Waals surface area contributed by atoms with E-state index in [9.17, 15) is 9.59 Å². The number of methoxy groups -OCH3 is 2. The number of amides is 2. The van der Waals surface area contributed by atoms with Gasteiger partial charge >= 0.3 is 12.0 Å². The van der Waals surface area contributed by atoms with Crippen LogP contribution in [0.25, 0.3) is 0 Å². The largest absolute Gasteiger partial charge is 0.480 e. The molecule has 0 aromatic rings. The zero-order valence-electron chi connectivity index (χ0n) is 12.6. The Morgan fingerprint density at radius 1 is 1.00 bits per heavy atom. The summed E-state index contributed by atoms with van der Waals surface area (Å²) in [6.07, 6.45) is 1.42. The summed E-state index contributed by atoms with van der Waals surface area (Å²) in [6.45, 7) is 4.01. The van der Waals surface area contributed by atoms with Crippen molar-refractivity contribution in [2.75, 3.05) is 53.6 Å². The van der Waals surface area contributed by atoms with Crippen molar-refractivity contribution in [3.05, 3.63) is 0 Å². The van der Waals surface area contributed by atoms with Gasteiger partial charge in [-0.3, -0.25) is 4.79 Å². The summed E-state index contributed by atoms with van der Waals surface area (Å²) < 4.78 is 9.96. The maximum atomic E-state index is 12.4. The molecule has 0 rings (SSSR count). The fraction of sp³-hybridized carbons (Fsp3) is 0.846. The highest BCUT2D eigenvalue weighted by atomic mass is 16.5. The van der Waals surface area contributed by atoms with Crippen molar-refractivity contribution in [1.29, 1.82) is 0 Å². The van der Waals surface area contributed by atoms with Crippen LogP contribution >= 0.6 is 0 Å². The number of carboxylic acid groups (broad SMARTS) is 1. The van der Waals surface area contributed by atoms with Gasteiger partial charge in [-0.05, 0) is 12.8 Å². The molecule has 0 saturated heterocycles. The van der Waals surface area contributed by atoms with Crippen molar-refractivity contribution < 1.29 is 24.2 Å². The van der Waals surface area contributed by atoms with Crippen LogP contribution in [-0.2, 0) is 14.3 Å². The van der Waals surface area contributed by atoms with Gasteiger partial charge in [-0.2, -0.15) is 0 Å². The van der Waals surface area contributed by atoms with E-state index in [0.717, 1.165) is 6.42 Å². The smallest absolute Gasteiger partial charge is 0.323 e. The van der Waals surface area contributed by atoms with Crippen molar-refractivity contribution in [3.63, 3.8) is 0 Å². The van der Waals surface area contributed by atoms with E-state index in [0.29, 0.717) is 39.3 Å². The summed E-state index contributed by atoms with van der Waals surface area (Å²) in [5.41, 5.74) is 0. The fourth-order valence-electron chi connectivity index (χ4n) is 1.78. The first-order valence-corrected chi connectivity index (χ1v) is 6.80. The molecule has 0 unspecified atom stereocenters. The molecule has 0 spiro atoms. The molecule has 0 aromatic carbocycles. The van der Waals surface area contributed by atoms with Crippen molar-refractivity contribution in [2.24, 2.45) is 0 Å². The van der Waals surface area contributed by atoms with Crippen LogP contribution in [0.4, 0.5) is 4.79 Å². The Kier molecular flexibility index (Phi) is 10.7. The van der Waals surface area contributed by atoms with Crippen LogP contribution in [0, 0.1) is 0 Å². The molecule has 118 valence electrons. The summed E-state index contributed by atoms with van der Waals surface area (Å²) >= 11 is 0. The number of carbonyl (C=O) groups excluding carboxylic acids is 1. The van der Waals surface area contributed by atoms with Crippen LogP contribution in [0.2, 0.25) is 0 Å². The molecular weight excluding hydrogens is 264 g/mol. The van der Waals surface area contributed by atoms with Gasteiger partial charge < -0.3 is 24.4 Å². The van der Waals surface area contributed by atoms with Crippen molar-refractivity contribution >= 4 is 12.0 Å². The lowest BCUT2D eigenvalue weighted by Gasteiger charge is -2.29. The van der Waals surface area contributed by atoms with E-state index in [-0.39, 0.29) is 12.6 Å². The molecule has 7 nitrogen and oxygen atoms in total. The highest BCUT2D eigenvalue weighted by molar-refractivity contribution is 5.80. The Bertz CT molecular complexity index is 286. The Labute approximate surface area is 120 Å². The first kappa shape index (κ1) is 18.7. The van der Waals surface area contributed by atoms with Crippen LogP contribution < -0.4 is 0 Å². The number of carboxylic acids is 1. The molecule has 20 heavy (non-hydrogen) atoms. The molecule has 0 heterocycles. The van der Waals surface area contributed by atoms with E-state index >= 15 is 0 Å². The predicted octanol–water partition coefficient (Wildman–Crippen LogP) is 0.888. The summed E-state index contributed by atoms with van der Waals surface area (Å²) in [6, 6.07) is -0.262. The van der Waals surface area contributed by atoms with Crippen molar-refractivity contribution in [3.8, 4) is 0 Å². The Hall–Kier alpha value is -1.34. The Morgan fingerprint density at radius 2 is 1.65 bits per heavy atom. The molecule has 0 atom stereocenters. The minimum absolute atomic E-state index is 0.262. The third-order valence-corrected chi connectivity index (χ3v) is 2.70. The summed E-state index contributed by atoms with van der Waals surface area (Å²) in [7, 11) is 3.17. The van der Waals surface area contributed by atoms with Crippen LogP contribution in [0.5, 0.6) is 0 Å². The molecule has 0 aliphatic rings. The maximum Gasteiger partial charge on any atom is 0.323 e. The molecule has 0 fully saturated rings. The SMILES string of the molecule is CCCN(CC(=O)O)C(=O)N(CCCOC)CCOC. The van der Waals surface area contributed by atoms with Crippen LogP contribution in [0.1, 0.15) is 19.8 Å². The third-order valence-electron chi connectivity index (χ3n) is 2.70. The van der Waals surface area contributed by atoms with Crippen molar-refractivity contribution in [1.82, 2.24) is 9.80 Å². The molecule has 0 bridgehead atoms. The lowest BCUT2D eigenvalue weighted by Crippen LogP contribution is -2.47. The molecular formula is C13H26N2O5. The van der Waals surface area contributed by atoms with E-state index in [1.165, 1.54) is 4.90 Å². The molecule has 7 heteroatoms. The lowest BCUT2D eigenvalue weighted by atomic mass is 10.3. The van der Waals surface area contributed by atoms with Gasteiger partial charge in [0.1, 0.15) is 6.54 Å². The highest BCUT2D eigenvalue weighted by Crippen LogP contribution is 2.03. The van der Waals surface area contributed by atoms with Gasteiger partial charge in [-0.25, -0.2) is 4.79 Å². The second kappa shape index (κ2) is 11.5. The molecule has 0 aliphatic heterocycles. The van der Waals surface area contributed by atoms with E-state index < -0.39 is 5.97 Å². The maximum absolute atomic E-state index is 12.4. The second-order valence-corrected chi connectivity index (χ2v) is 4.42. The molecule has 0 aliphatic carbocycles. The number of hydrogen-bond donors (Lipinski definition) is 1. The highest BCUT2D eigenvalue weighted by Gasteiger charge is 2.21. The van der Waals surface area contributed by atoms with Gasteiger partial charge in [0.05, 0.1) is 6.61 Å². The average Bonchev–Trinajstić information content (AvgIpc) is 2.41. The van der Waals surface area contributed by atoms with Crippen LogP contribution in [0.15, 0.2) is 0 Å². The molecule has 1 N–H and O–H groups in total. The normalized spacial score (nSPS) is 10.3. The first-order chi connectivity index (χ1) is 9.56. The molecule has 0 radical (unpaired) electrons. The third kappa shape index (κ3) is 7.96. The van der Waals surface area contributed by atoms with Gasteiger partial charge in [0.25, 0.3) is 0 Å². The molecule has 2 amide bonds. The molecule has 0 aromatic heterocycles. The quantitative estimate of drug-likeness (QED) is 0.572. The average molecular weight is 290 g/mol. The lowest BCUT2D eigenvalue weighted by molar-refractivity contribution is -0.137. The zero-order valence-corrected chi connectivity index (χ0v) is 12.6. The minimum atomic E-state index is -1.00. The van der Waals surface area contributed by atoms with Gasteiger partial charge in [-0.1, -0.05) is 6.92 Å². The fourth-order valence-corrected chi connectivity index (χ4v) is 1.78. The van der Waals surface area contributed by atoms with Gasteiger partial charge in [0.2, 0.25) is 0 Å². The standard InChI is InChI=1S/C13H26N2O5/c1-4-6-15(11-12(16)17)13(18)14(8-10-20-3)7-5-9-19-2/h4-11H2,1-3H3,(H,16,17). The van der Waals surface area contributed by atoms with E-state index in [2.05, 4.69) is 0 Å². The second-order valence-electron chi connectivity index (χ2n) is 4.42. The van der Waals surface area contributed by atoms with E-state index in [1.54, 1.807) is 19.1 Å². The monoisotopic (exact) mass is 290 g/mol. The number of rotatable bonds is 11. The zero-order chi connectivity index (χ0) is 15.4. The van der Waals surface area contributed by atoms with Gasteiger partial charge in [-0.15, -0.1) is 0 Å². The first-order valence-electron chi connectivity index (χ1n) is 6.80. The number of nitrogens with zero attached hydrogens (tertiary/aromatic N) is 2. The summed E-state index contributed by atoms with van der Waals surface area (Å²) in [5.74, 6) is -1.00. The van der Waals surface area contributed by atoms with Crippen molar-refractivity contribution in [2.45, 2.75) is 19.8 Å². The van der Waals surface area contributed by atoms with Gasteiger partial charge in [0, 0.05) is 40.5 Å². The van der Waals surface area contributed by atoms with Crippen LogP contribution in [0.3, 0.4) is 0 Å². The predicted molar refractivity (Wildman–Crippen MR) is 74.8 cm³/mol. The van der Waals surface area contributed by atoms with Gasteiger partial charge in [0.15, 0.2) is 0 Å². The number of carbonyl (C=O) groups is 2. The Balaban J connectivity index is 4.61. The van der Waals surface area contributed by atoms with Crippen LogP contribution in [-0.4, -0.2) is 80.5 Å². The molecule has 0 saturated carbocycles. The summed E-state index contributed by atoms with van der Waals surface area (Å²) in [5, 5.41) is 8.87. The number of aliphatic carboxylic acids is 1. The summed E-state index contributed by atoms with van der Waals surface area (Å²) in [4.78, 5) is 26.2. The number of hydrogen-bond acceptors (Lipinski definition) is 4. The number of ether oxygens (including phenoxy) is 2. The van der Waals surface area contributed by atoms with E-state index in [4.69, 9.17) is 14.6 Å². The number of urea groups is 1.